The monoisotopic (exact) mass is 328 g/mol. The average Bonchev–Trinajstić information content (AvgIpc) is 3.18. The fourth-order valence-corrected chi connectivity index (χ4v) is 3.56. The Morgan fingerprint density at radius 1 is 1.33 bits per heavy atom. The highest BCUT2D eigenvalue weighted by molar-refractivity contribution is 5.90. The van der Waals surface area contributed by atoms with Crippen molar-refractivity contribution in [1.82, 2.24) is 4.90 Å². The Morgan fingerprint density at radius 2 is 2.08 bits per heavy atom. The lowest BCUT2D eigenvalue weighted by molar-refractivity contribution is 0.0599. The molecule has 3 rings (SSSR count). The number of nitrogens with zero attached hydrogens (tertiary/aromatic N) is 1. The first-order valence-electron chi connectivity index (χ1n) is 8.27. The number of methoxy groups -OCH3 is 1. The maximum Gasteiger partial charge on any atom is 0.341 e. The number of aryl methyl sites for hydroxylation is 1. The first kappa shape index (κ1) is 16.7. The van der Waals surface area contributed by atoms with E-state index in [9.17, 15) is 4.79 Å². The molecule has 5 nitrogen and oxygen atoms in total. The molecule has 2 aromatic rings. The second-order valence-electron chi connectivity index (χ2n) is 6.38. The minimum Gasteiger partial charge on any atom is -0.465 e. The fraction of sp³-hybridized carbons (Fsp3) is 0.421. The zero-order valence-electron chi connectivity index (χ0n) is 14.2. The van der Waals surface area contributed by atoms with Crippen molar-refractivity contribution >= 4 is 5.97 Å². The van der Waals surface area contributed by atoms with E-state index in [1.54, 1.807) is 13.0 Å². The molecule has 1 aromatic heterocycles. The lowest BCUT2D eigenvalue weighted by Crippen LogP contribution is -2.23. The second kappa shape index (κ2) is 7.20. The van der Waals surface area contributed by atoms with Crippen LogP contribution >= 0.6 is 0 Å². The van der Waals surface area contributed by atoms with Gasteiger partial charge in [0.1, 0.15) is 17.1 Å². The van der Waals surface area contributed by atoms with Gasteiger partial charge in [-0.3, -0.25) is 4.90 Å². The van der Waals surface area contributed by atoms with Crippen LogP contribution < -0.4 is 5.73 Å². The van der Waals surface area contributed by atoms with Gasteiger partial charge in [-0.05, 0) is 31.0 Å². The number of likely N-dealkylation sites (tertiary alicyclic amines) is 1. The summed E-state index contributed by atoms with van der Waals surface area (Å²) in [5.41, 5.74) is 7.83. The molecule has 1 aliphatic heterocycles. The number of benzene rings is 1. The molecule has 1 saturated heterocycles. The quantitative estimate of drug-likeness (QED) is 0.854. The van der Waals surface area contributed by atoms with Gasteiger partial charge in [-0.2, -0.15) is 0 Å². The van der Waals surface area contributed by atoms with E-state index in [4.69, 9.17) is 14.9 Å². The number of esters is 1. The van der Waals surface area contributed by atoms with Gasteiger partial charge in [0.2, 0.25) is 0 Å². The summed E-state index contributed by atoms with van der Waals surface area (Å²) in [6, 6.07) is 12.3. The molecule has 1 aliphatic rings. The molecule has 1 fully saturated rings. The Bertz CT molecular complexity index is 696. The molecule has 0 radical (unpaired) electrons. The van der Waals surface area contributed by atoms with E-state index in [2.05, 4.69) is 29.2 Å². The van der Waals surface area contributed by atoms with Gasteiger partial charge >= 0.3 is 5.97 Å². The smallest absolute Gasteiger partial charge is 0.341 e. The SMILES string of the molecule is COC(=O)c1cc(CN2C[C@@H](CN)[C@H](c3ccccc3)C2)oc1C. The van der Waals surface area contributed by atoms with E-state index >= 15 is 0 Å². The fourth-order valence-electron chi connectivity index (χ4n) is 3.56. The predicted molar refractivity (Wildman–Crippen MR) is 91.8 cm³/mol. The lowest BCUT2D eigenvalue weighted by atomic mass is 9.89. The standard InChI is InChI=1S/C19H24N2O3/c1-13-17(19(22)23-2)8-16(24-13)11-21-10-15(9-20)18(12-21)14-6-4-3-5-7-14/h3-8,15,18H,9-12,20H2,1-2H3/t15-,18+/m1/s1. The number of ether oxygens (including phenoxy) is 1. The Hall–Kier alpha value is -2.11. The van der Waals surface area contributed by atoms with Crippen LogP contribution in [0.5, 0.6) is 0 Å². The predicted octanol–water partition coefficient (Wildman–Crippen LogP) is 2.55. The number of hydrogen-bond acceptors (Lipinski definition) is 5. The molecule has 0 bridgehead atoms. The first-order chi connectivity index (χ1) is 11.6. The third-order valence-electron chi connectivity index (χ3n) is 4.80. The van der Waals surface area contributed by atoms with Crippen LogP contribution in [0.2, 0.25) is 0 Å². The van der Waals surface area contributed by atoms with E-state index in [-0.39, 0.29) is 5.97 Å². The molecule has 1 aromatic carbocycles. The van der Waals surface area contributed by atoms with Gasteiger partial charge in [0, 0.05) is 19.0 Å². The summed E-state index contributed by atoms with van der Waals surface area (Å²) < 4.78 is 10.5. The van der Waals surface area contributed by atoms with Crippen molar-refractivity contribution in [2.75, 3.05) is 26.7 Å². The molecule has 2 N–H and O–H groups in total. The number of nitrogens with two attached hydrogens (primary N) is 1. The largest absolute Gasteiger partial charge is 0.465 e. The van der Waals surface area contributed by atoms with E-state index in [0.29, 0.717) is 36.2 Å². The van der Waals surface area contributed by atoms with Crippen LogP contribution in [0.1, 0.15) is 33.4 Å². The third-order valence-corrected chi connectivity index (χ3v) is 4.80. The summed E-state index contributed by atoms with van der Waals surface area (Å²) >= 11 is 0. The normalized spacial score (nSPS) is 21.1. The van der Waals surface area contributed by atoms with E-state index in [0.717, 1.165) is 18.8 Å². The minimum absolute atomic E-state index is 0.356. The topological polar surface area (TPSA) is 68.7 Å². The van der Waals surface area contributed by atoms with Gasteiger partial charge in [-0.25, -0.2) is 4.79 Å². The molecule has 128 valence electrons. The molecule has 2 heterocycles. The molecule has 0 spiro atoms. The van der Waals surface area contributed by atoms with Crippen molar-refractivity contribution in [3.63, 3.8) is 0 Å². The summed E-state index contributed by atoms with van der Waals surface area (Å²) in [5, 5.41) is 0. The van der Waals surface area contributed by atoms with Crippen molar-refractivity contribution < 1.29 is 13.9 Å². The summed E-state index contributed by atoms with van der Waals surface area (Å²) in [6.45, 7) is 5.01. The van der Waals surface area contributed by atoms with Crippen LogP contribution in [0.4, 0.5) is 0 Å². The highest BCUT2D eigenvalue weighted by atomic mass is 16.5. The minimum atomic E-state index is -0.356. The summed E-state index contributed by atoms with van der Waals surface area (Å²) in [4.78, 5) is 14.0. The van der Waals surface area contributed by atoms with Crippen molar-refractivity contribution in [2.45, 2.75) is 19.4 Å². The van der Waals surface area contributed by atoms with Gasteiger partial charge < -0.3 is 14.9 Å². The van der Waals surface area contributed by atoms with Crippen molar-refractivity contribution in [3.05, 3.63) is 59.0 Å². The molecular formula is C19H24N2O3. The Labute approximate surface area is 142 Å². The van der Waals surface area contributed by atoms with Crippen LogP contribution in [0.15, 0.2) is 40.8 Å². The average molecular weight is 328 g/mol. The van der Waals surface area contributed by atoms with Crippen LogP contribution in [0.25, 0.3) is 0 Å². The molecule has 0 amide bonds. The Morgan fingerprint density at radius 3 is 2.75 bits per heavy atom. The van der Waals surface area contributed by atoms with Crippen LogP contribution in [-0.2, 0) is 11.3 Å². The van der Waals surface area contributed by atoms with Gasteiger partial charge in [-0.1, -0.05) is 30.3 Å². The van der Waals surface area contributed by atoms with Crippen molar-refractivity contribution in [1.29, 1.82) is 0 Å². The second-order valence-corrected chi connectivity index (χ2v) is 6.38. The molecule has 5 heteroatoms. The zero-order chi connectivity index (χ0) is 17.1. The maximum atomic E-state index is 11.7. The molecule has 0 aliphatic carbocycles. The van der Waals surface area contributed by atoms with Gasteiger partial charge in [0.25, 0.3) is 0 Å². The summed E-state index contributed by atoms with van der Waals surface area (Å²) in [6.07, 6.45) is 0. The van der Waals surface area contributed by atoms with Gasteiger partial charge in [-0.15, -0.1) is 0 Å². The molecule has 2 atom stereocenters. The van der Waals surface area contributed by atoms with Crippen LogP contribution in [0.3, 0.4) is 0 Å². The highest BCUT2D eigenvalue weighted by Crippen LogP contribution is 2.33. The zero-order valence-corrected chi connectivity index (χ0v) is 14.2. The summed E-state index contributed by atoms with van der Waals surface area (Å²) in [5.74, 6) is 1.91. The number of hydrogen-bond donors (Lipinski definition) is 1. The molecule has 0 unspecified atom stereocenters. The van der Waals surface area contributed by atoms with Crippen molar-refractivity contribution in [2.24, 2.45) is 11.7 Å². The van der Waals surface area contributed by atoms with Crippen molar-refractivity contribution in [3.8, 4) is 0 Å². The van der Waals surface area contributed by atoms with Gasteiger partial charge in [0.05, 0.1) is 13.7 Å². The van der Waals surface area contributed by atoms with E-state index in [1.165, 1.54) is 12.7 Å². The van der Waals surface area contributed by atoms with Crippen LogP contribution in [-0.4, -0.2) is 37.6 Å². The highest BCUT2D eigenvalue weighted by Gasteiger charge is 2.33. The number of carbonyl (C=O) groups excluding carboxylic acids is 1. The Kier molecular flexibility index (Phi) is 5.02. The van der Waals surface area contributed by atoms with Gasteiger partial charge in [0.15, 0.2) is 0 Å². The Balaban J connectivity index is 1.72. The summed E-state index contributed by atoms with van der Waals surface area (Å²) in [7, 11) is 1.38. The first-order valence-corrected chi connectivity index (χ1v) is 8.27. The van der Waals surface area contributed by atoms with Crippen LogP contribution in [0, 0.1) is 12.8 Å². The maximum absolute atomic E-state index is 11.7. The molecule has 24 heavy (non-hydrogen) atoms. The number of carbonyl (C=O) groups is 1. The number of rotatable bonds is 5. The number of furan rings is 1. The van der Waals surface area contributed by atoms with E-state index < -0.39 is 0 Å². The van der Waals surface area contributed by atoms with E-state index in [1.807, 2.05) is 6.07 Å². The molecular weight excluding hydrogens is 304 g/mol. The third kappa shape index (κ3) is 3.37. The lowest BCUT2D eigenvalue weighted by Gasteiger charge is -2.16. The molecule has 0 saturated carbocycles.